The first-order valence-electron chi connectivity index (χ1n) is 7.02. The second kappa shape index (κ2) is 6.38. The summed E-state index contributed by atoms with van der Waals surface area (Å²) in [6.07, 6.45) is 2.37. The molecule has 5 nitrogen and oxygen atoms in total. The highest BCUT2D eigenvalue weighted by atomic mass is 16.5. The van der Waals surface area contributed by atoms with Crippen LogP contribution >= 0.6 is 0 Å². The van der Waals surface area contributed by atoms with Crippen LogP contribution in [0.2, 0.25) is 0 Å². The van der Waals surface area contributed by atoms with Crippen molar-refractivity contribution >= 4 is 6.03 Å². The van der Waals surface area contributed by atoms with Crippen LogP contribution in [0.25, 0.3) is 0 Å². The first-order chi connectivity index (χ1) is 8.63. The van der Waals surface area contributed by atoms with Crippen LogP contribution < -0.4 is 10.6 Å². The number of nitrogens with zero attached hydrogens (tertiary/aromatic N) is 1. The van der Waals surface area contributed by atoms with Crippen LogP contribution in [0.5, 0.6) is 0 Å². The molecule has 0 spiro atoms. The number of nitrogens with one attached hydrogen (secondary N) is 2. The normalized spacial score (nSPS) is 25.2. The maximum Gasteiger partial charge on any atom is 0.315 e. The van der Waals surface area contributed by atoms with Gasteiger partial charge in [-0.2, -0.15) is 0 Å². The highest BCUT2D eigenvalue weighted by Crippen LogP contribution is 2.18. The molecule has 1 aliphatic heterocycles. The van der Waals surface area contributed by atoms with Gasteiger partial charge in [-0.1, -0.05) is 13.8 Å². The highest BCUT2D eigenvalue weighted by molar-refractivity contribution is 5.74. The van der Waals surface area contributed by atoms with E-state index < -0.39 is 0 Å². The average Bonchev–Trinajstić information content (AvgIpc) is 3.10. The summed E-state index contributed by atoms with van der Waals surface area (Å²) >= 11 is 0. The molecule has 2 fully saturated rings. The van der Waals surface area contributed by atoms with E-state index in [2.05, 4.69) is 29.4 Å². The molecule has 1 aliphatic carbocycles. The lowest BCUT2D eigenvalue weighted by Crippen LogP contribution is -2.49. The van der Waals surface area contributed by atoms with E-state index in [-0.39, 0.29) is 12.1 Å². The summed E-state index contributed by atoms with van der Waals surface area (Å²) in [4.78, 5) is 13.9. The van der Waals surface area contributed by atoms with Crippen molar-refractivity contribution in [3.05, 3.63) is 0 Å². The first-order valence-corrected chi connectivity index (χ1v) is 7.02. The van der Waals surface area contributed by atoms with Gasteiger partial charge in [-0.3, -0.25) is 4.90 Å². The van der Waals surface area contributed by atoms with Crippen molar-refractivity contribution in [3.63, 3.8) is 0 Å². The quantitative estimate of drug-likeness (QED) is 0.764. The minimum atomic E-state index is -0.0536. The summed E-state index contributed by atoms with van der Waals surface area (Å²) in [5.74, 6) is 0.676. The lowest BCUT2D eigenvalue weighted by Gasteiger charge is -2.33. The Morgan fingerprint density at radius 3 is 2.89 bits per heavy atom. The van der Waals surface area contributed by atoms with Crippen molar-refractivity contribution in [1.29, 1.82) is 0 Å². The first kappa shape index (κ1) is 13.6. The van der Waals surface area contributed by atoms with Crippen LogP contribution in [0, 0.1) is 5.92 Å². The number of hydrogen-bond acceptors (Lipinski definition) is 3. The fourth-order valence-corrected chi connectivity index (χ4v) is 2.26. The number of morpholine rings is 1. The summed E-state index contributed by atoms with van der Waals surface area (Å²) in [6.45, 7) is 8.85. The summed E-state index contributed by atoms with van der Waals surface area (Å²) < 4.78 is 5.68. The third-order valence-electron chi connectivity index (χ3n) is 3.25. The zero-order chi connectivity index (χ0) is 13.0. The number of hydrogen-bond donors (Lipinski definition) is 2. The van der Waals surface area contributed by atoms with Crippen LogP contribution in [-0.2, 0) is 4.74 Å². The fourth-order valence-electron chi connectivity index (χ4n) is 2.26. The monoisotopic (exact) mass is 255 g/mol. The van der Waals surface area contributed by atoms with Crippen LogP contribution in [0.15, 0.2) is 0 Å². The second-order valence-corrected chi connectivity index (χ2v) is 5.77. The Balaban J connectivity index is 1.63. The minimum absolute atomic E-state index is 0.0536. The molecule has 104 valence electrons. The maximum atomic E-state index is 11.5. The van der Waals surface area contributed by atoms with Gasteiger partial charge in [0.05, 0.1) is 12.7 Å². The summed E-state index contributed by atoms with van der Waals surface area (Å²) in [5, 5.41) is 5.81. The van der Waals surface area contributed by atoms with Crippen molar-refractivity contribution < 1.29 is 9.53 Å². The van der Waals surface area contributed by atoms with Gasteiger partial charge in [-0.15, -0.1) is 0 Å². The Morgan fingerprint density at radius 2 is 2.22 bits per heavy atom. The molecule has 0 aromatic rings. The Morgan fingerprint density at radius 1 is 1.44 bits per heavy atom. The van der Waals surface area contributed by atoms with E-state index in [1.165, 1.54) is 0 Å². The van der Waals surface area contributed by atoms with Crippen molar-refractivity contribution in [2.24, 2.45) is 5.92 Å². The molecular weight excluding hydrogens is 230 g/mol. The van der Waals surface area contributed by atoms with E-state index in [9.17, 15) is 4.79 Å². The van der Waals surface area contributed by atoms with Gasteiger partial charge in [0, 0.05) is 32.2 Å². The lowest BCUT2D eigenvalue weighted by molar-refractivity contribution is -0.0290. The number of amides is 2. The molecule has 0 bridgehead atoms. The van der Waals surface area contributed by atoms with Gasteiger partial charge in [0.15, 0.2) is 0 Å². The number of urea groups is 1. The molecule has 0 aromatic carbocycles. The van der Waals surface area contributed by atoms with Crippen LogP contribution in [0.3, 0.4) is 0 Å². The van der Waals surface area contributed by atoms with Crippen molar-refractivity contribution in [3.8, 4) is 0 Å². The fraction of sp³-hybridized carbons (Fsp3) is 0.923. The number of carbonyl (C=O) groups excluding carboxylic acids is 1. The molecular formula is C13H25N3O2. The molecule has 5 heteroatoms. The molecule has 2 N–H and O–H groups in total. The predicted octanol–water partition coefficient (Wildman–Crippen LogP) is 0.805. The zero-order valence-electron chi connectivity index (χ0n) is 11.4. The molecule has 2 rings (SSSR count). The SMILES string of the molecule is CC(C)CN1CCOC(CNC(=O)NC2CC2)C1. The van der Waals surface area contributed by atoms with Crippen LogP contribution in [0.1, 0.15) is 26.7 Å². The molecule has 18 heavy (non-hydrogen) atoms. The van der Waals surface area contributed by atoms with Gasteiger partial charge >= 0.3 is 6.03 Å². The molecule has 1 atom stereocenters. The lowest BCUT2D eigenvalue weighted by atomic mass is 10.2. The summed E-state index contributed by atoms with van der Waals surface area (Å²) in [5.41, 5.74) is 0. The van der Waals surface area contributed by atoms with Gasteiger partial charge < -0.3 is 15.4 Å². The third-order valence-corrected chi connectivity index (χ3v) is 3.25. The molecule has 1 saturated carbocycles. The van der Waals surface area contributed by atoms with E-state index in [1.807, 2.05) is 0 Å². The van der Waals surface area contributed by atoms with Gasteiger partial charge in [0.1, 0.15) is 0 Å². The van der Waals surface area contributed by atoms with Crippen LogP contribution in [-0.4, -0.2) is 55.9 Å². The zero-order valence-corrected chi connectivity index (χ0v) is 11.4. The number of carbonyl (C=O) groups is 1. The summed E-state index contributed by atoms with van der Waals surface area (Å²) in [7, 11) is 0. The van der Waals surface area contributed by atoms with Gasteiger partial charge in [-0.25, -0.2) is 4.79 Å². The number of ether oxygens (including phenoxy) is 1. The van der Waals surface area contributed by atoms with Crippen molar-refractivity contribution in [2.45, 2.75) is 38.8 Å². The maximum absolute atomic E-state index is 11.5. The summed E-state index contributed by atoms with van der Waals surface area (Å²) in [6, 6.07) is 0.358. The van der Waals surface area contributed by atoms with Crippen molar-refractivity contribution in [1.82, 2.24) is 15.5 Å². The van der Waals surface area contributed by atoms with E-state index in [0.717, 1.165) is 39.1 Å². The molecule has 2 amide bonds. The molecule has 0 radical (unpaired) electrons. The van der Waals surface area contributed by atoms with Crippen LogP contribution in [0.4, 0.5) is 4.79 Å². The highest BCUT2D eigenvalue weighted by Gasteiger charge is 2.24. The van der Waals surface area contributed by atoms with Gasteiger partial charge in [-0.05, 0) is 18.8 Å². The second-order valence-electron chi connectivity index (χ2n) is 5.77. The average molecular weight is 255 g/mol. The van der Waals surface area contributed by atoms with E-state index in [1.54, 1.807) is 0 Å². The standard InChI is InChI=1S/C13H25N3O2/c1-10(2)8-16-5-6-18-12(9-16)7-14-13(17)15-11-3-4-11/h10-12H,3-9H2,1-2H3,(H2,14,15,17). The van der Waals surface area contributed by atoms with Crippen molar-refractivity contribution in [2.75, 3.05) is 32.8 Å². The molecule has 0 aromatic heterocycles. The Kier molecular flexibility index (Phi) is 4.83. The number of rotatable bonds is 5. The molecule has 1 saturated heterocycles. The molecule has 1 heterocycles. The molecule has 1 unspecified atom stereocenters. The predicted molar refractivity (Wildman–Crippen MR) is 70.6 cm³/mol. The van der Waals surface area contributed by atoms with E-state index in [0.29, 0.717) is 18.5 Å². The van der Waals surface area contributed by atoms with Gasteiger partial charge in [0.2, 0.25) is 0 Å². The topological polar surface area (TPSA) is 53.6 Å². The van der Waals surface area contributed by atoms with E-state index in [4.69, 9.17) is 4.74 Å². The smallest absolute Gasteiger partial charge is 0.315 e. The largest absolute Gasteiger partial charge is 0.374 e. The van der Waals surface area contributed by atoms with E-state index >= 15 is 0 Å². The minimum Gasteiger partial charge on any atom is -0.374 e. The Hall–Kier alpha value is -0.810. The molecule has 2 aliphatic rings. The Labute approximate surface area is 109 Å². The third kappa shape index (κ3) is 4.82. The van der Waals surface area contributed by atoms with Gasteiger partial charge in [0.25, 0.3) is 0 Å². The Bertz CT molecular complexity index is 279.